The molecule has 0 radical (unpaired) electrons. The third-order valence-electron chi connectivity index (χ3n) is 5.90. The van der Waals surface area contributed by atoms with E-state index >= 15 is 0 Å². The summed E-state index contributed by atoms with van der Waals surface area (Å²) in [6.45, 7) is 4.74. The van der Waals surface area contributed by atoms with Crippen molar-refractivity contribution in [2.75, 3.05) is 0 Å². The van der Waals surface area contributed by atoms with Crippen LogP contribution in [0.5, 0.6) is 0 Å². The van der Waals surface area contributed by atoms with Gasteiger partial charge in [-0.15, -0.1) is 0 Å². The van der Waals surface area contributed by atoms with Gasteiger partial charge in [-0.1, -0.05) is 91.0 Å². The van der Waals surface area contributed by atoms with E-state index in [4.69, 9.17) is 4.74 Å². The molecule has 0 aliphatic carbocycles. The Morgan fingerprint density at radius 1 is 0.794 bits per heavy atom. The number of rotatable bonds is 7. The molecule has 3 aromatic carbocycles. The predicted molar refractivity (Wildman–Crippen MR) is 131 cm³/mol. The van der Waals surface area contributed by atoms with Crippen LogP contribution in [0.1, 0.15) is 53.0 Å². The fourth-order valence-corrected chi connectivity index (χ4v) is 4.38. The van der Waals surface area contributed by atoms with Gasteiger partial charge >= 0.3 is 0 Å². The quantitative estimate of drug-likeness (QED) is 0.267. The Labute approximate surface area is 198 Å². The van der Waals surface area contributed by atoms with Crippen LogP contribution < -0.4 is 0 Å². The molecule has 0 bridgehead atoms. The van der Waals surface area contributed by atoms with Crippen molar-refractivity contribution in [3.8, 4) is 0 Å². The van der Waals surface area contributed by atoms with Crippen LogP contribution in [0.2, 0.25) is 0 Å². The molecule has 0 N–H and O–H groups in total. The first kappa shape index (κ1) is 23.1. The maximum Gasteiger partial charge on any atom is 0.214 e. The Hall–Kier alpha value is -4.12. The van der Waals surface area contributed by atoms with Gasteiger partial charge in [0.15, 0.2) is 17.3 Å². The zero-order chi connectivity index (χ0) is 24.3. The highest BCUT2D eigenvalue weighted by atomic mass is 16.5. The van der Waals surface area contributed by atoms with Gasteiger partial charge in [0.2, 0.25) is 11.5 Å². The second-order valence-corrected chi connectivity index (χ2v) is 8.38. The van der Waals surface area contributed by atoms with Gasteiger partial charge < -0.3 is 4.74 Å². The Morgan fingerprint density at radius 3 is 1.82 bits per heavy atom. The number of aliphatic imine (C=N–C) groups is 1. The zero-order valence-corrected chi connectivity index (χ0v) is 19.3. The van der Waals surface area contributed by atoms with Gasteiger partial charge in [0.25, 0.3) is 0 Å². The summed E-state index contributed by atoms with van der Waals surface area (Å²) in [6.07, 6.45) is 0. The van der Waals surface area contributed by atoms with E-state index in [-0.39, 0.29) is 11.5 Å². The molecule has 3 aromatic rings. The van der Waals surface area contributed by atoms with Crippen molar-refractivity contribution >= 4 is 23.1 Å². The van der Waals surface area contributed by atoms with Gasteiger partial charge in [0.05, 0.1) is 11.5 Å². The average Bonchev–Trinajstić information content (AvgIpc) is 3.13. The molecule has 5 nitrogen and oxygen atoms in total. The second-order valence-electron chi connectivity index (χ2n) is 8.38. The molecule has 2 unspecified atom stereocenters. The largest absolute Gasteiger partial charge is 0.470 e. The minimum atomic E-state index is -1.36. The standard InChI is InChI=1S/C29H25NO4/c1-19(31)26(28(33)23-17-11-6-12-18-23)30-29(3)25(21-13-7-4-8-14-21)24(20(2)34-29)27(32)22-15-9-5-10-16-22/h4-18,25H,1-3H3/b30-26-. The first-order valence-electron chi connectivity index (χ1n) is 11.1. The van der Waals surface area contributed by atoms with Crippen LogP contribution in [0.4, 0.5) is 0 Å². The van der Waals surface area contributed by atoms with E-state index in [1.165, 1.54) is 6.92 Å². The monoisotopic (exact) mass is 451 g/mol. The number of allylic oxidation sites excluding steroid dienone is 1. The molecule has 0 saturated carbocycles. The number of carbonyl (C=O) groups excluding carboxylic acids is 3. The number of hydrogen-bond donors (Lipinski definition) is 0. The molecule has 5 heteroatoms. The Bertz CT molecular complexity index is 1290. The van der Waals surface area contributed by atoms with Gasteiger partial charge in [-0.2, -0.15) is 0 Å². The van der Waals surface area contributed by atoms with Crippen molar-refractivity contribution in [2.45, 2.75) is 32.4 Å². The van der Waals surface area contributed by atoms with Gasteiger partial charge in [-0.05, 0) is 19.4 Å². The molecule has 0 aromatic heterocycles. The molecular weight excluding hydrogens is 426 g/mol. The van der Waals surface area contributed by atoms with Crippen LogP contribution in [0.15, 0.2) is 107 Å². The summed E-state index contributed by atoms with van der Waals surface area (Å²) in [5.41, 5.74) is 0.576. The highest BCUT2D eigenvalue weighted by Gasteiger charge is 2.49. The third kappa shape index (κ3) is 4.37. The summed E-state index contributed by atoms with van der Waals surface area (Å²) >= 11 is 0. The maximum atomic E-state index is 13.6. The van der Waals surface area contributed by atoms with Crippen molar-refractivity contribution in [1.29, 1.82) is 0 Å². The Kier molecular flexibility index (Phi) is 6.37. The Balaban J connectivity index is 1.85. The van der Waals surface area contributed by atoms with Gasteiger partial charge in [-0.3, -0.25) is 14.4 Å². The smallest absolute Gasteiger partial charge is 0.214 e. The highest BCUT2D eigenvalue weighted by molar-refractivity contribution is 6.68. The van der Waals surface area contributed by atoms with Crippen molar-refractivity contribution in [3.05, 3.63) is 119 Å². The molecule has 0 amide bonds. The van der Waals surface area contributed by atoms with E-state index in [0.29, 0.717) is 22.5 Å². The predicted octanol–water partition coefficient (Wildman–Crippen LogP) is 5.59. The lowest BCUT2D eigenvalue weighted by Gasteiger charge is -2.29. The van der Waals surface area contributed by atoms with Crippen LogP contribution in [0, 0.1) is 0 Å². The lowest BCUT2D eigenvalue weighted by molar-refractivity contribution is -0.111. The summed E-state index contributed by atoms with van der Waals surface area (Å²) in [6, 6.07) is 26.9. The third-order valence-corrected chi connectivity index (χ3v) is 5.90. The van der Waals surface area contributed by atoms with Crippen molar-refractivity contribution in [2.24, 2.45) is 4.99 Å². The van der Waals surface area contributed by atoms with Crippen molar-refractivity contribution in [1.82, 2.24) is 0 Å². The van der Waals surface area contributed by atoms with Crippen LogP contribution in [-0.4, -0.2) is 28.8 Å². The molecule has 0 saturated heterocycles. The number of Topliss-reactive ketones (excluding diaryl/α,β-unsaturated/α-hetero) is 3. The number of carbonyl (C=O) groups is 3. The van der Waals surface area contributed by atoms with E-state index in [1.807, 2.05) is 36.4 Å². The minimum Gasteiger partial charge on any atom is -0.470 e. The fraction of sp³-hybridized carbons (Fsp3) is 0.172. The topological polar surface area (TPSA) is 72.8 Å². The number of nitrogens with zero attached hydrogens (tertiary/aromatic N) is 1. The number of ether oxygens (including phenoxy) is 1. The first-order valence-corrected chi connectivity index (χ1v) is 11.1. The molecular formula is C29H25NO4. The van der Waals surface area contributed by atoms with Crippen LogP contribution in [0.3, 0.4) is 0 Å². The molecule has 34 heavy (non-hydrogen) atoms. The van der Waals surface area contributed by atoms with E-state index in [2.05, 4.69) is 4.99 Å². The molecule has 1 aliphatic heterocycles. The van der Waals surface area contributed by atoms with Crippen molar-refractivity contribution in [3.63, 3.8) is 0 Å². The lowest BCUT2D eigenvalue weighted by atomic mass is 9.81. The van der Waals surface area contributed by atoms with Crippen LogP contribution in [-0.2, 0) is 9.53 Å². The fourth-order valence-electron chi connectivity index (χ4n) is 4.38. The first-order chi connectivity index (χ1) is 16.3. The van der Waals surface area contributed by atoms with E-state index in [1.54, 1.807) is 68.4 Å². The van der Waals surface area contributed by atoms with E-state index in [0.717, 1.165) is 5.56 Å². The molecule has 1 aliphatic rings. The molecule has 4 rings (SSSR count). The number of hydrogen-bond acceptors (Lipinski definition) is 5. The summed E-state index contributed by atoms with van der Waals surface area (Å²) < 4.78 is 6.20. The van der Waals surface area contributed by atoms with Crippen LogP contribution >= 0.6 is 0 Å². The number of benzene rings is 3. The summed E-state index contributed by atoms with van der Waals surface area (Å²) in [7, 11) is 0. The maximum absolute atomic E-state index is 13.6. The lowest BCUT2D eigenvalue weighted by Crippen LogP contribution is -2.35. The van der Waals surface area contributed by atoms with Crippen LogP contribution in [0.25, 0.3) is 0 Å². The molecule has 1 heterocycles. The number of ketones is 3. The summed E-state index contributed by atoms with van der Waals surface area (Å²) in [5, 5.41) is 0. The molecule has 2 atom stereocenters. The molecule has 0 fully saturated rings. The summed E-state index contributed by atoms with van der Waals surface area (Å²) in [4.78, 5) is 44.0. The van der Waals surface area contributed by atoms with Gasteiger partial charge in [0, 0.05) is 18.1 Å². The highest BCUT2D eigenvalue weighted by Crippen LogP contribution is 2.48. The summed E-state index contributed by atoms with van der Waals surface area (Å²) in [5.74, 6) is -1.32. The van der Waals surface area contributed by atoms with Gasteiger partial charge in [0.1, 0.15) is 5.76 Å². The van der Waals surface area contributed by atoms with E-state index < -0.39 is 23.2 Å². The van der Waals surface area contributed by atoms with Crippen molar-refractivity contribution < 1.29 is 19.1 Å². The molecule has 0 spiro atoms. The zero-order valence-electron chi connectivity index (χ0n) is 19.3. The normalized spacial score (nSPS) is 20.1. The molecule has 170 valence electrons. The minimum absolute atomic E-state index is 0.176. The average molecular weight is 452 g/mol. The van der Waals surface area contributed by atoms with E-state index in [9.17, 15) is 14.4 Å². The van der Waals surface area contributed by atoms with Gasteiger partial charge in [-0.25, -0.2) is 4.99 Å². The SMILES string of the molecule is CC(=O)/C(=N/C1(C)OC(C)=C(C(=O)c2ccccc2)C1c1ccccc1)C(=O)c1ccccc1. The second kappa shape index (κ2) is 9.40. The Morgan fingerprint density at radius 2 is 1.29 bits per heavy atom.